The molecular formula is C22H27NO2. The van der Waals surface area contributed by atoms with Gasteiger partial charge in [0.1, 0.15) is 11.4 Å². The molecule has 1 amide bonds. The monoisotopic (exact) mass is 337 g/mol. The van der Waals surface area contributed by atoms with Crippen LogP contribution in [0, 0.1) is 0 Å². The largest absolute Gasteiger partial charge is 0.487 e. The summed E-state index contributed by atoms with van der Waals surface area (Å²) in [6, 6.07) is 18.3. The van der Waals surface area contributed by atoms with Gasteiger partial charge in [0.2, 0.25) is 5.91 Å². The Kier molecular flexibility index (Phi) is 5.42. The van der Waals surface area contributed by atoms with Crippen molar-refractivity contribution >= 4 is 5.91 Å². The second-order valence-electron chi connectivity index (χ2n) is 6.84. The summed E-state index contributed by atoms with van der Waals surface area (Å²) in [5, 5.41) is 3.25. The zero-order valence-electron chi connectivity index (χ0n) is 15.1. The summed E-state index contributed by atoms with van der Waals surface area (Å²) in [5.74, 6) is 1.01. The molecule has 3 heteroatoms. The molecular weight excluding hydrogens is 310 g/mol. The SMILES string of the molecule is CCC1(CC)C[C@H](NC(=O)CCc2ccccc2)c2ccccc2O1. The lowest BCUT2D eigenvalue weighted by molar-refractivity contribution is -0.122. The normalized spacial score (nSPS) is 18.1. The van der Waals surface area contributed by atoms with E-state index in [0.29, 0.717) is 6.42 Å². The van der Waals surface area contributed by atoms with Crippen LogP contribution in [-0.2, 0) is 11.2 Å². The zero-order chi connectivity index (χ0) is 17.7. The highest BCUT2D eigenvalue weighted by Crippen LogP contribution is 2.42. The molecule has 0 fully saturated rings. The van der Waals surface area contributed by atoms with Gasteiger partial charge in [-0.15, -0.1) is 0 Å². The van der Waals surface area contributed by atoms with Crippen LogP contribution in [0.1, 0.15) is 56.7 Å². The van der Waals surface area contributed by atoms with Crippen molar-refractivity contribution in [3.63, 3.8) is 0 Å². The molecule has 0 radical (unpaired) electrons. The lowest BCUT2D eigenvalue weighted by Gasteiger charge is -2.41. The highest BCUT2D eigenvalue weighted by Gasteiger charge is 2.38. The minimum absolute atomic E-state index is 0.0214. The second-order valence-corrected chi connectivity index (χ2v) is 6.84. The van der Waals surface area contributed by atoms with E-state index in [4.69, 9.17) is 4.74 Å². The molecule has 2 aromatic carbocycles. The van der Waals surface area contributed by atoms with Crippen LogP contribution in [0.2, 0.25) is 0 Å². The fourth-order valence-electron chi connectivity index (χ4n) is 3.60. The van der Waals surface area contributed by atoms with Crippen LogP contribution in [0.3, 0.4) is 0 Å². The second kappa shape index (κ2) is 7.73. The third kappa shape index (κ3) is 4.04. The first-order valence-electron chi connectivity index (χ1n) is 9.27. The molecule has 132 valence electrons. The van der Waals surface area contributed by atoms with Crippen LogP contribution >= 0.6 is 0 Å². The number of rotatable bonds is 6. The number of hydrogen-bond donors (Lipinski definition) is 1. The van der Waals surface area contributed by atoms with Crippen LogP contribution in [-0.4, -0.2) is 11.5 Å². The quantitative estimate of drug-likeness (QED) is 0.821. The van der Waals surface area contributed by atoms with Crippen molar-refractivity contribution in [1.82, 2.24) is 5.32 Å². The van der Waals surface area contributed by atoms with Crippen molar-refractivity contribution in [3.8, 4) is 5.75 Å². The summed E-state index contributed by atoms with van der Waals surface area (Å²) in [7, 11) is 0. The topological polar surface area (TPSA) is 38.3 Å². The standard InChI is InChI=1S/C22H27NO2/c1-3-22(4-2)16-19(18-12-8-9-13-20(18)25-22)23-21(24)15-14-17-10-6-5-7-11-17/h5-13,19H,3-4,14-16H2,1-2H3,(H,23,24)/t19-/m0/s1. The molecule has 25 heavy (non-hydrogen) atoms. The van der Waals surface area contributed by atoms with Gasteiger partial charge >= 0.3 is 0 Å². The van der Waals surface area contributed by atoms with Gasteiger partial charge < -0.3 is 10.1 Å². The van der Waals surface area contributed by atoms with E-state index in [1.54, 1.807) is 0 Å². The van der Waals surface area contributed by atoms with Gasteiger partial charge in [0.05, 0.1) is 6.04 Å². The predicted molar refractivity (Wildman–Crippen MR) is 101 cm³/mol. The van der Waals surface area contributed by atoms with Crippen LogP contribution < -0.4 is 10.1 Å². The molecule has 1 heterocycles. The molecule has 0 aromatic heterocycles. The highest BCUT2D eigenvalue weighted by molar-refractivity contribution is 5.77. The predicted octanol–water partition coefficient (Wildman–Crippen LogP) is 4.82. The van der Waals surface area contributed by atoms with E-state index in [9.17, 15) is 4.79 Å². The summed E-state index contributed by atoms with van der Waals surface area (Å²) in [6.07, 6.45) is 3.98. The van der Waals surface area contributed by atoms with Crippen molar-refractivity contribution in [2.75, 3.05) is 0 Å². The van der Waals surface area contributed by atoms with E-state index >= 15 is 0 Å². The Morgan fingerprint density at radius 3 is 2.48 bits per heavy atom. The smallest absolute Gasteiger partial charge is 0.220 e. The summed E-state index contributed by atoms with van der Waals surface area (Å²) in [5.41, 5.74) is 2.10. The third-order valence-corrected chi connectivity index (χ3v) is 5.30. The number of aryl methyl sites for hydroxylation is 1. The first-order chi connectivity index (χ1) is 12.2. The summed E-state index contributed by atoms with van der Waals surface area (Å²) in [4.78, 5) is 12.5. The van der Waals surface area contributed by atoms with Gasteiger partial charge in [-0.05, 0) is 30.9 Å². The fraction of sp³-hybridized carbons (Fsp3) is 0.409. The molecule has 1 aliphatic rings. The molecule has 0 saturated carbocycles. The molecule has 1 aliphatic heterocycles. The Labute approximate surface area is 150 Å². The van der Waals surface area contributed by atoms with E-state index in [2.05, 4.69) is 37.4 Å². The van der Waals surface area contributed by atoms with Gasteiger partial charge in [0.25, 0.3) is 0 Å². The van der Waals surface area contributed by atoms with Crippen molar-refractivity contribution in [2.24, 2.45) is 0 Å². The molecule has 0 aliphatic carbocycles. The minimum atomic E-state index is -0.189. The zero-order valence-corrected chi connectivity index (χ0v) is 15.1. The lowest BCUT2D eigenvalue weighted by Crippen LogP contribution is -2.44. The Hall–Kier alpha value is -2.29. The fourth-order valence-corrected chi connectivity index (χ4v) is 3.60. The van der Waals surface area contributed by atoms with E-state index < -0.39 is 0 Å². The number of fused-ring (bicyclic) bond motifs is 1. The van der Waals surface area contributed by atoms with Gasteiger partial charge in [-0.2, -0.15) is 0 Å². The number of para-hydroxylation sites is 1. The first kappa shape index (κ1) is 17.5. The first-order valence-corrected chi connectivity index (χ1v) is 9.27. The van der Waals surface area contributed by atoms with Gasteiger partial charge in [-0.1, -0.05) is 62.4 Å². The molecule has 3 rings (SSSR count). The number of nitrogens with one attached hydrogen (secondary N) is 1. The van der Waals surface area contributed by atoms with Crippen molar-refractivity contribution in [1.29, 1.82) is 0 Å². The maximum atomic E-state index is 12.5. The molecule has 1 atom stereocenters. The molecule has 0 bridgehead atoms. The van der Waals surface area contributed by atoms with Crippen LogP contribution in [0.5, 0.6) is 5.75 Å². The molecule has 0 unspecified atom stereocenters. The highest BCUT2D eigenvalue weighted by atomic mass is 16.5. The Morgan fingerprint density at radius 2 is 1.76 bits per heavy atom. The number of amides is 1. The van der Waals surface area contributed by atoms with Crippen molar-refractivity contribution in [2.45, 2.75) is 57.6 Å². The Bertz CT molecular complexity index is 707. The average molecular weight is 337 g/mol. The van der Waals surface area contributed by atoms with E-state index in [0.717, 1.165) is 37.0 Å². The maximum absolute atomic E-state index is 12.5. The molecule has 2 aromatic rings. The summed E-state index contributed by atoms with van der Waals surface area (Å²) >= 11 is 0. The van der Waals surface area contributed by atoms with Crippen LogP contribution in [0.15, 0.2) is 54.6 Å². The summed E-state index contributed by atoms with van der Waals surface area (Å²) < 4.78 is 6.31. The summed E-state index contributed by atoms with van der Waals surface area (Å²) in [6.45, 7) is 4.32. The number of carbonyl (C=O) groups excluding carboxylic acids is 1. The molecule has 0 spiro atoms. The van der Waals surface area contributed by atoms with E-state index in [1.165, 1.54) is 5.56 Å². The van der Waals surface area contributed by atoms with Crippen molar-refractivity contribution < 1.29 is 9.53 Å². The molecule has 1 N–H and O–H groups in total. The minimum Gasteiger partial charge on any atom is -0.487 e. The average Bonchev–Trinajstić information content (AvgIpc) is 2.67. The third-order valence-electron chi connectivity index (χ3n) is 5.30. The van der Waals surface area contributed by atoms with Gasteiger partial charge in [-0.3, -0.25) is 4.79 Å². The maximum Gasteiger partial charge on any atom is 0.220 e. The number of benzene rings is 2. The van der Waals surface area contributed by atoms with Gasteiger partial charge in [0, 0.05) is 18.4 Å². The van der Waals surface area contributed by atoms with Crippen LogP contribution in [0.4, 0.5) is 0 Å². The molecule has 0 saturated heterocycles. The number of hydrogen-bond acceptors (Lipinski definition) is 2. The van der Waals surface area contributed by atoms with E-state index in [1.807, 2.05) is 36.4 Å². The number of carbonyl (C=O) groups is 1. The van der Waals surface area contributed by atoms with Crippen molar-refractivity contribution in [3.05, 3.63) is 65.7 Å². The molecule has 3 nitrogen and oxygen atoms in total. The van der Waals surface area contributed by atoms with Crippen LogP contribution in [0.25, 0.3) is 0 Å². The van der Waals surface area contributed by atoms with Gasteiger partial charge in [0.15, 0.2) is 0 Å². The van der Waals surface area contributed by atoms with E-state index in [-0.39, 0.29) is 17.6 Å². The lowest BCUT2D eigenvalue weighted by atomic mass is 9.83. The Balaban J connectivity index is 1.70. The number of ether oxygens (including phenoxy) is 1. The Morgan fingerprint density at radius 1 is 1.08 bits per heavy atom. The van der Waals surface area contributed by atoms with Gasteiger partial charge in [-0.25, -0.2) is 0 Å².